The topological polar surface area (TPSA) is 59.3 Å². The van der Waals surface area contributed by atoms with E-state index in [2.05, 4.69) is 15.9 Å². The number of aromatic hydroxyl groups is 1. The van der Waals surface area contributed by atoms with Crippen molar-refractivity contribution in [1.82, 2.24) is 4.57 Å². The van der Waals surface area contributed by atoms with Crippen LogP contribution in [0.2, 0.25) is 0 Å². The van der Waals surface area contributed by atoms with Gasteiger partial charge in [0.15, 0.2) is 5.78 Å². The predicted octanol–water partition coefficient (Wildman–Crippen LogP) is 3.46. The second kappa shape index (κ2) is 5.09. The second-order valence-electron chi connectivity index (χ2n) is 6.44. The number of Topliss-reactive ketones (excluding diaryl/α,β-unsaturated/α-hetero) is 1. The van der Waals surface area contributed by atoms with Crippen molar-refractivity contribution >= 4 is 21.7 Å². The molecular weight excluding hydrogens is 346 g/mol. The zero-order chi connectivity index (χ0) is 16.1. The van der Waals surface area contributed by atoms with E-state index in [0.29, 0.717) is 24.2 Å². The Hall–Kier alpha value is -1.88. The normalized spacial score (nSPS) is 16.4. The fourth-order valence-electron chi connectivity index (χ4n) is 3.03. The molecule has 0 bridgehead atoms. The Bertz CT molecular complexity index is 819. The van der Waals surface area contributed by atoms with Crippen molar-refractivity contribution in [2.75, 3.05) is 0 Å². The van der Waals surface area contributed by atoms with E-state index in [1.54, 1.807) is 0 Å². The quantitative estimate of drug-likeness (QED) is 0.845. The number of carbonyl (C=O) groups is 1. The molecule has 1 aliphatic rings. The predicted molar refractivity (Wildman–Crippen MR) is 87.8 cm³/mol. The molecule has 0 fully saturated rings. The number of carbonyl (C=O) groups excluding carboxylic acids is 1. The van der Waals surface area contributed by atoms with Crippen LogP contribution in [0.25, 0.3) is 5.69 Å². The molecular formula is C17H16BrNO3. The van der Waals surface area contributed by atoms with Gasteiger partial charge in [0.05, 0.1) is 5.56 Å². The number of hydrogen-bond donors (Lipinski definition) is 1. The van der Waals surface area contributed by atoms with Gasteiger partial charge in [0.25, 0.3) is 5.56 Å². The molecule has 22 heavy (non-hydrogen) atoms. The molecule has 114 valence electrons. The maximum absolute atomic E-state index is 12.4. The third-order valence-corrected chi connectivity index (χ3v) is 4.47. The molecule has 0 saturated heterocycles. The van der Waals surface area contributed by atoms with E-state index < -0.39 is 0 Å². The zero-order valence-electron chi connectivity index (χ0n) is 12.4. The highest BCUT2D eigenvalue weighted by molar-refractivity contribution is 9.10. The summed E-state index contributed by atoms with van der Waals surface area (Å²) in [6, 6.07) is 8.44. The minimum atomic E-state index is -0.330. The first kappa shape index (κ1) is 15.0. The Morgan fingerprint density at radius 1 is 1.14 bits per heavy atom. The molecule has 1 heterocycles. The minimum Gasteiger partial charge on any atom is -0.507 e. The number of benzene rings is 1. The molecule has 0 saturated carbocycles. The summed E-state index contributed by atoms with van der Waals surface area (Å²) in [7, 11) is 0. The van der Waals surface area contributed by atoms with Gasteiger partial charge in [-0.3, -0.25) is 14.2 Å². The van der Waals surface area contributed by atoms with E-state index >= 15 is 0 Å². The highest BCUT2D eigenvalue weighted by Gasteiger charge is 2.35. The summed E-state index contributed by atoms with van der Waals surface area (Å²) in [5.74, 6) is -0.330. The summed E-state index contributed by atoms with van der Waals surface area (Å²) in [5, 5.41) is 10.1. The lowest BCUT2D eigenvalue weighted by Gasteiger charge is -2.32. The SMILES string of the molecule is CC1(C)CC(=O)c2c(O)cc(=O)n(-c3ccc(Br)cc3)c2C1. The Balaban J connectivity index is 2.32. The molecule has 0 radical (unpaired) electrons. The molecule has 0 spiro atoms. The first-order chi connectivity index (χ1) is 10.3. The van der Waals surface area contributed by atoms with E-state index in [1.165, 1.54) is 4.57 Å². The van der Waals surface area contributed by atoms with Gasteiger partial charge in [0.1, 0.15) is 5.75 Å². The van der Waals surface area contributed by atoms with Crippen molar-refractivity contribution in [3.63, 3.8) is 0 Å². The average molecular weight is 362 g/mol. The van der Waals surface area contributed by atoms with E-state index in [1.807, 2.05) is 38.1 Å². The van der Waals surface area contributed by atoms with Crippen LogP contribution >= 0.6 is 15.9 Å². The van der Waals surface area contributed by atoms with Crippen molar-refractivity contribution < 1.29 is 9.90 Å². The van der Waals surface area contributed by atoms with Crippen molar-refractivity contribution in [2.24, 2.45) is 5.41 Å². The van der Waals surface area contributed by atoms with Crippen LogP contribution < -0.4 is 5.56 Å². The van der Waals surface area contributed by atoms with Crippen LogP contribution in [0.4, 0.5) is 0 Å². The fourth-order valence-corrected chi connectivity index (χ4v) is 3.29. The third kappa shape index (κ3) is 2.50. The summed E-state index contributed by atoms with van der Waals surface area (Å²) >= 11 is 3.37. The summed E-state index contributed by atoms with van der Waals surface area (Å²) in [5.41, 5.74) is 0.996. The van der Waals surface area contributed by atoms with Crippen LogP contribution in [0.3, 0.4) is 0 Å². The van der Waals surface area contributed by atoms with Gasteiger partial charge in [0, 0.05) is 28.3 Å². The summed E-state index contributed by atoms with van der Waals surface area (Å²) in [6.45, 7) is 3.99. The van der Waals surface area contributed by atoms with Crippen LogP contribution in [-0.2, 0) is 6.42 Å². The standard InChI is InChI=1S/C17H16BrNO3/c1-17(2)8-12-16(14(21)9-17)13(20)7-15(22)19(12)11-5-3-10(18)4-6-11/h3-7,20H,8-9H2,1-2H3. The number of hydrogen-bond acceptors (Lipinski definition) is 3. The van der Waals surface area contributed by atoms with E-state index in [9.17, 15) is 14.7 Å². The van der Waals surface area contributed by atoms with E-state index in [-0.39, 0.29) is 28.1 Å². The largest absolute Gasteiger partial charge is 0.507 e. The molecule has 1 aromatic heterocycles. The summed E-state index contributed by atoms with van der Waals surface area (Å²) in [6.07, 6.45) is 0.930. The van der Waals surface area contributed by atoms with Gasteiger partial charge in [-0.15, -0.1) is 0 Å². The molecule has 3 rings (SSSR count). The monoisotopic (exact) mass is 361 g/mol. The van der Waals surface area contributed by atoms with Crippen LogP contribution in [-0.4, -0.2) is 15.5 Å². The number of ketones is 1. The highest BCUT2D eigenvalue weighted by atomic mass is 79.9. The van der Waals surface area contributed by atoms with Crippen molar-refractivity contribution in [3.05, 3.63) is 56.4 Å². The van der Waals surface area contributed by atoms with Gasteiger partial charge in [-0.2, -0.15) is 0 Å². The lowest BCUT2D eigenvalue weighted by atomic mass is 9.75. The molecule has 0 atom stereocenters. The van der Waals surface area contributed by atoms with Crippen molar-refractivity contribution in [1.29, 1.82) is 0 Å². The molecule has 2 aromatic rings. The van der Waals surface area contributed by atoms with Crippen molar-refractivity contribution in [3.8, 4) is 11.4 Å². The molecule has 0 amide bonds. The van der Waals surface area contributed by atoms with E-state index in [0.717, 1.165) is 10.5 Å². The van der Waals surface area contributed by atoms with Crippen LogP contribution in [0.1, 0.15) is 36.3 Å². The molecule has 0 unspecified atom stereocenters. The lowest BCUT2D eigenvalue weighted by molar-refractivity contribution is 0.0905. The minimum absolute atomic E-state index is 0.116. The summed E-state index contributed by atoms with van der Waals surface area (Å²) in [4.78, 5) is 24.8. The number of halogens is 1. The van der Waals surface area contributed by atoms with Gasteiger partial charge < -0.3 is 5.11 Å². The molecule has 4 nitrogen and oxygen atoms in total. The maximum atomic E-state index is 12.4. The Morgan fingerprint density at radius 2 is 1.77 bits per heavy atom. The second-order valence-corrected chi connectivity index (χ2v) is 7.36. The van der Waals surface area contributed by atoms with Gasteiger partial charge >= 0.3 is 0 Å². The average Bonchev–Trinajstić information content (AvgIpc) is 2.38. The lowest BCUT2D eigenvalue weighted by Crippen LogP contribution is -2.34. The third-order valence-electron chi connectivity index (χ3n) is 3.94. The van der Waals surface area contributed by atoms with Crippen molar-refractivity contribution in [2.45, 2.75) is 26.7 Å². The van der Waals surface area contributed by atoms with Crippen LogP contribution in [0.15, 0.2) is 39.6 Å². The van der Waals surface area contributed by atoms with Gasteiger partial charge in [0.2, 0.25) is 0 Å². The number of nitrogens with zero attached hydrogens (tertiary/aromatic N) is 1. The Labute approximate surface area is 136 Å². The van der Waals surface area contributed by atoms with Gasteiger partial charge in [-0.25, -0.2) is 0 Å². The molecule has 1 aliphatic carbocycles. The molecule has 0 aliphatic heterocycles. The van der Waals surface area contributed by atoms with Gasteiger partial charge in [-0.05, 0) is 36.1 Å². The first-order valence-corrected chi connectivity index (χ1v) is 7.85. The highest BCUT2D eigenvalue weighted by Crippen LogP contribution is 2.38. The number of aromatic nitrogens is 1. The summed E-state index contributed by atoms with van der Waals surface area (Å²) < 4.78 is 2.44. The Morgan fingerprint density at radius 3 is 2.41 bits per heavy atom. The van der Waals surface area contributed by atoms with Crippen LogP contribution in [0, 0.1) is 5.41 Å². The maximum Gasteiger partial charge on any atom is 0.259 e. The van der Waals surface area contributed by atoms with Crippen LogP contribution in [0.5, 0.6) is 5.75 Å². The molecule has 1 N–H and O–H groups in total. The van der Waals surface area contributed by atoms with E-state index in [4.69, 9.17) is 0 Å². The van der Waals surface area contributed by atoms with Gasteiger partial charge in [-0.1, -0.05) is 29.8 Å². The molecule has 1 aromatic carbocycles. The zero-order valence-corrected chi connectivity index (χ0v) is 14.0. The molecule has 5 heteroatoms. The first-order valence-electron chi connectivity index (χ1n) is 7.05. The fraction of sp³-hybridized carbons (Fsp3) is 0.294. The number of pyridine rings is 1. The Kier molecular flexibility index (Phi) is 3.48. The number of fused-ring (bicyclic) bond motifs is 1. The smallest absolute Gasteiger partial charge is 0.259 e. The number of rotatable bonds is 1.